The topological polar surface area (TPSA) is 75.6 Å². The van der Waals surface area contributed by atoms with Gasteiger partial charge in [0.2, 0.25) is 0 Å². The van der Waals surface area contributed by atoms with Crippen molar-refractivity contribution in [1.29, 1.82) is 0 Å². The molecule has 1 unspecified atom stereocenters. The molecule has 0 fully saturated rings. The highest BCUT2D eigenvalue weighted by atomic mass is 79.9. The summed E-state index contributed by atoms with van der Waals surface area (Å²) in [7, 11) is 0. The molecule has 98 valence electrons. The summed E-state index contributed by atoms with van der Waals surface area (Å²) < 4.78 is 4.93. The molecule has 0 heterocycles. The van der Waals surface area contributed by atoms with Gasteiger partial charge in [0.15, 0.2) is 0 Å². The SMILES string of the molecule is O=C(NC(CCBr)C(=O)O)OCc1ccccc1. The van der Waals surface area contributed by atoms with Gasteiger partial charge in [0.1, 0.15) is 12.6 Å². The lowest BCUT2D eigenvalue weighted by Crippen LogP contribution is -2.41. The van der Waals surface area contributed by atoms with Crippen molar-refractivity contribution in [1.82, 2.24) is 5.32 Å². The maximum atomic E-state index is 11.4. The lowest BCUT2D eigenvalue weighted by Gasteiger charge is -2.13. The molecule has 0 aliphatic rings. The molecule has 0 aliphatic heterocycles. The van der Waals surface area contributed by atoms with E-state index in [0.29, 0.717) is 11.8 Å². The van der Waals surface area contributed by atoms with Crippen molar-refractivity contribution in [2.24, 2.45) is 0 Å². The normalized spacial score (nSPS) is 11.6. The summed E-state index contributed by atoms with van der Waals surface area (Å²) in [5, 5.41) is 11.6. The Bertz CT molecular complexity index is 396. The van der Waals surface area contributed by atoms with Crippen LogP contribution in [0.4, 0.5) is 4.79 Å². The van der Waals surface area contributed by atoms with Gasteiger partial charge in [-0.25, -0.2) is 9.59 Å². The maximum Gasteiger partial charge on any atom is 0.408 e. The Balaban J connectivity index is 2.39. The zero-order valence-corrected chi connectivity index (χ0v) is 11.2. The van der Waals surface area contributed by atoms with Gasteiger partial charge in [0.25, 0.3) is 0 Å². The molecule has 1 rings (SSSR count). The zero-order chi connectivity index (χ0) is 13.4. The summed E-state index contributed by atoms with van der Waals surface area (Å²) in [5.41, 5.74) is 0.847. The van der Waals surface area contributed by atoms with Gasteiger partial charge in [0.05, 0.1) is 0 Å². The van der Waals surface area contributed by atoms with E-state index in [1.807, 2.05) is 30.3 Å². The molecule has 1 aromatic carbocycles. The molecule has 0 aliphatic carbocycles. The number of halogens is 1. The molecule has 0 aromatic heterocycles. The van der Waals surface area contributed by atoms with Gasteiger partial charge in [0, 0.05) is 5.33 Å². The van der Waals surface area contributed by atoms with E-state index in [2.05, 4.69) is 21.2 Å². The van der Waals surface area contributed by atoms with Crippen LogP contribution in [0.1, 0.15) is 12.0 Å². The molecule has 18 heavy (non-hydrogen) atoms. The third kappa shape index (κ3) is 5.18. The van der Waals surface area contributed by atoms with Crippen LogP contribution in [-0.4, -0.2) is 28.5 Å². The lowest BCUT2D eigenvalue weighted by atomic mass is 10.2. The number of carboxylic acid groups (broad SMARTS) is 1. The van der Waals surface area contributed by atoms with E-state index in [1.165, 1.54) is 0 Å². The van der Waals surface area contributed by atoms with Crippen LogP contribution in [0.25, 0.3) is 0 Å². The summed E-state index contributed by atoms with van der Waals surface area (Å²) >= 11 is 3.13. The van der Waals surface area contributed by atoms with Crippen LogP contribution in [0.3, 0.4) is 0 Å². The Morgan fingerprint density at radius 1 is 1.33 bits per heavy atom. The van der Waals surface area contributed by atoms with Gasteiger partial charge in [-0.2, -0.15) is 0 Å². The number of alkyl halides is 1. The highest BCUT2D eigenvalue weighted by Crippen LogP contribution is 2.02. The molecule has 1 aromatic rings. The molecule has 1 amide bonds. The lowest BCUT2D eigenvalue weighted by molar-refractivity contribution is -0.139. The molecule has 0 spiro atoms. The second-order valence-corrected chi connectivity index (χ2v) is 4.37. The Hall–Kier alpha value is -1.56. The molecule has 6 heteroatoms. The largest absolute Gasteiger partial charge is 0.480 e. The summed E-state index contributed by atoms with van der Waals surface area (Å²) in [6.07, 6.45) is -0.428. The number of hydrogen-bond donors (Lipinski definition) is 2. The van der Waals surface area contributed by atoms with Crippen molar-refractivity contribution in [3.8, 4) is 0 Å². The predicted molar refractivity (Wildman–Crippen MR) is 69.6 cm³/mol. The fraction of sp³-hybridized carbons (Fsp3) is 0.333. The standard InChI is InChI=1S/C12H14BrNO4/c13-7-6-10(11(15)16)14-12(17)18-8-9-4-2-1-3-5-9/h1-5,10H,6-8H2,(H,14,17)(H,15,16). The van der Waals surface area contributed by atoms with E-state index in [0.717, 1.165) is 5.56 Å². The number of rotatable bonds is 6. The third-order valence-electron chi connectivity index (χ3n) is 2.20. The van der Waals surface area contributed by atoms with Gasteiger partial charge < -0.3 is 15.2 Å². The Morgan fingerprint density at radius 2 is 2.00 bits per heavy atom. The fourth-order valence-corrected chi connectivity index (χ4v) is 1.73. The van der Waals surface area contributed by atoms with E-state index >= 15 is 0 Å². The minimum Gasteiger partial charge on any atom is -0.480 e. The van der Waals surface area contributed by atoms with Crippen LogP contribution in [-0.2, 0) is 16.1 Å². The van der Waals surface area contributed by atoms with Crippen molar-refractivity contribution in [3.05, 3.63) is 35.9 Å². The average Bonchev–Trinajstić information content (AvgIpc) is 2.37. The smallest absolute Gasteiger partial charge is 0.408 e. The van der Waals surface area contributed by atoms with Crippen LogP contribution < -0.4 is 5.32 Å². The second kappa shape index (κ2) is 7.71. The first-order chi connectivity index (χ1) is 8.63. The van der Waals surface area contributed by atoms with Gasteiger partial charge >= 0.3 is 12.1 Å². The van der Waals surface area contributed by atoms with Gasteiger partial charge in [-0.15, -0.1) is 0 Å². The Labute approximate surface area is 113 Å². The van der Waals surface area contributed by atoms with Crippen LogP contribution in [0.15, 0.2) is 30.3 Å². The summed E-state index contributed by atoms with van der Waals surface area (Å²) in [6.45, 7) is 0.118. The number of alkyl carbamates (subject to hydrolysis) is 1. The molecule has 1 atom stereocenters. The number of aliphatic carboxylic acids is 1. The Morgan fingerprint density at radius 3 is 2.56 bits per heavy atom. The van der Waals surface area contributed by atoms with E-state index in [4.69, 9.17) is 9.84 Å². The minimum absolute atomic E-state index is 0.118. The van der Waals surface area contributed by atoms with E-state index < -0.39 is 18.1 Å². The first-order valence-corrected chi connectivity index (χ1v) is 6.51. The number of carboxylic acids is 1. The predicted octanol–water partition coefficient (Wildman–Crippen LogP) is 2.15. The highest BCUT2D eigenvalue weighted by molar-refractivity contribution is 9.09. The first-order valence-electron chi connectivity index (χ1n) is 5.39. The highest BCUT2D eigenvalue weighted by Gasteiger charge is 2.19. The molecule has 0 bridgehead atoms. The van der Waals surface area contributed by atoms with Gasteiger partial charge in [-0.3, -0.25) is 0 Å². The number of carbonyl (C=O) groups is 2. The molecule has 0 radical (unpaired) electrons. The van der Waals surface area contributed by atoms with Gasteiger partial charge in [-0.1, -0.05) is 46.3 Å². The van der Waals surface area contributed by atoms with E-state index in [1.54, 1.807) is 0 Å². The molecule has 0 saturated heterocycles. The summed E-state index contributed by atoms with van der Waals surface area (Å²) in [6, 6.07) is 8.23. The summed E-state index contributed by atoms with van der Waals surface area (Å²) in [4.78, 5) is 22.2. The number of hydrogen-bond acceptors (Lipinski definition) is 3. The summed E-state index contributed by atoms with van der Waals surface area (Å²) in [5.74, 6) is -1.08. The van der Waals surface area contributed by atoms with Crippen LogP contribution >= 0.6 is 15.9 Å². The molecular formula is C12H14BrNO4. The number of nitrogens with one attached hydrogen (secondary N) is 1. The van der Waals surface area contributed by atoms with Gasteiger partial charge in [-0.05, 0) is 12.0 Å². The van der Waals surface area contributed by atoms with E-state index in [9.17, 15) is 9.59 Å². The molecular weight excluding hydrogens is 302 g/mol. The quantitative estimate of drug-likeness (QED) is 0.789. The van der Waals surface area contributed by atoms with Crippen LogP contribution in [0, 0.1) is 0 Å². The van der Waals surface area contributed by atoms with E-state index in [-0.39, 0.29) is 6.61 Å². The Kier molecular flexibility index (Phi) is 6.21. The third-order valence-corrected chi connectivity index (χ3v) is 2.66. The number of amides is 1. The zero-order valence-electron chi connectivity index (χ0n) is 9.64. The van der Waals surface area contributed by atoms with Crippen LogP contribution in [0.2, 0.25) is 0 Å². The average molecular weight is 316 g/mol. The maximum absolute atomic E-state index is 11.4. The second-order valence-electron chi connectivity index (χ2n) is 3.57. The minimum atomic E-state index is -1.08. The van der Waals surface area contributed by atoms with Crippen molar-refractivity contribution in [2.75, 3.05) is 5.33 Å². The molecule has 2 N–H and O–H groups in total. The van der Waals surface area contributed by atoms with Crippen molar-refractivity contribution < 1.29 is 19.4 Å². The fourth-order valence-electron chi connectivity index (χ4n) is 1.27. The monoisotopic (exact) mass is 315 g/mol. The first kappa shape index (κ1) is 14.5. The van der Waals surface area contributed by atoms with Crippen molar-refractivity contribution in [2.45, 2.75) is 19.1 Å². The molecule has 5 nitrogen and oxygen atoms in total. The molecule has 0 saturated carbocycles. The number of benzene rings is 1. The van der Waals surface area contributed by atoms with Crippen molar-refractivity contribution >= 4 is 28.0 Å². The van der Waals surface area contributed by atoms with Crippen LogP contribution in [0.5, 0.6) is 0 Å². The van der Waals surface area contributed by atoms with Crippen molar-refractivity contribution in [3.63, 3.8) is 0 Å². The number of carbonyl (C=O) groups excluding carboxylic acids is 1. The number of ether oxygens (including phenoxy) is 1.